The van der Waals surface area contributed by atoms with Gasteiger partial charge >= 0.3 is 6.09 Å². The predicted molar refractivity (Wildman–Crippen MR) is 71.9 cm³/mol. The number of amides is 1. The molecule has 0 aliphatic carbocycles. The molecule has 0 fully saturated rings. The van der Waals surface area contributed by atoms with Gasteiger partial charge < -0.3 is 4.74 Å². The molecule has 7 nitrogen and oxygen atoms in total. The number of hydrogen-bond donors (Lipinski definition) is 2. The molecule has 0 aliphatic rings. The van der Waals surface area contributed by atoms with Gasteiger partial charge in [0.1, 0.15) is 11.7 Å². The van der Waals surface area contributed by atoms with Crippen molar-refractivity contribution in [3.63, 3.8) is 0 Å². The van der Waals surface area contributed by atoms with Crippen LogP contribution in [-0.2, 0) is 19.6 Å². The first-order valence-electron chi connectivity index (χ1n) is 6.00. The number of hydrogen-bond acceptors (Lipinski definition) is 5. The van der Waals surface area contributed by atoms with Gasteiger partial charge in [-0.2, -0.15) is 5.48 Å². The zero-order chi connectivity index (χ0) is 15.3. The van der Waals surface area contributed by atoms with Crippen LogP contribution in [0.4, 0.5) is 4.79 Å². The van der Waals surface area contributed by atoms with Crippen LogP contribution in [0.5, 0.6) is 0 Å². The van der Waals surface area contributed by atoms with Crippen molar-refractivity contribution >= 4 is 16.1 Å². The van der Waals surface area contributed by atoms with E-state index in [1.54, 1.807) is 20.8 Å². The lowest BCUT2D eigenvalue weighted by molar-refractivity contribution is -0.0551. The number of rotatable bonds is 6. The Morgan fingerprint density at radius 3 is 2.16 bits per heavy atom. The number of carbonyl (C=O) groups excluding carboxylic acids is 1. The third-order valence-electron chi connectivity index (χ3n) is 1.98. The number of hydroxylamine groups is 1. The minimum absolute atomic E-state index is 0.0178. The first-order chi connectivity index (χ1) is 8.41. The minimum Gasteiger partial charge on any atom is -0.442 e. The average molecular weight is 296 g/mol. The van der Waals surface area contributed by atoms with Gasteiger partial charge in [-0.3, -0.25) is 4.84 Å². The fraction of sp³-hybridized carbons (Fsp3) is 0.909. The lowest BCUT2D eigenvalue weighted by Gasteiger charge is -2.23. The monoisotopic (exact) mass is 296 g/mol. The number of carbonyl (C=O) groups is 1. The van der Waals surface area contributed by atoms with Crippen LogP contribution in [0, 0.1) is 5.92 Å². The van der Waals surface area contributed by atoms with Crippen LogP contribution >= 0.6 is 0 Å². The Hall–Kier alpha value is -0.860. The van der Waals surface area contributed by atoms with Crippen molar-refractivity contribution in [1.82, 2.24) is 10.2 Å². The second kappa shape index (κ2) is 7.06. The van der Waals surface area contributed by atoms with Crippen LogP contribution in [0.1, 0.15) is 34.6 Å². The molecule has 0 aromatic heterocycles. The van der Waals surface area contributed by atoms with Crippen molar-refractivity contribution in [3.8, 4) is 0 Å². The molecule has 0 saturated carbocycles. The summed E-state index contributed by atoms with van der Waals surface area (Å²) in [6.45, 7) is 8.98. The molecule has 0 saturated heterocycles. The molecular weight excluding hydrogens is 272 g/mol. The lowest BCUT2D eigenvalue weighted by Crippen LogP contribution is -2.42. The maximum Gasteiger partial charge on any atom is 0.431 e. The topological polar surface area (TPSA) is 93.7 Å². The molecule has 8 heteroatoms. The van der Waals surface area contributed by atoms with E-state index in [2.05, 4.69) is 10.2 Å². The van der Waals surface area contributed by atoms with Crippen molar-refractivity contribution < 1.29 is 22.8 Å². The number of ether oxygens (including phenoxy) is 1. The highest BCUT2D eigenvalue weighted by Gasteiger charge is 2.20. The van der Waals surface area contributed by atoms with E-state index in [0.29, 0.717) is 0 Å². The molecule has 2 N–H and O–H groups in total. The Bertz CT molecular complexity index is 386. The largest absolute Gasteiger partial charge is 0.442 e. The summed E-state index contributed by atoms with van der Waals surface area (Å²) in [4.78, 5) is 16.5. The van der Waals surface area contributed by atoms with Gasteiger partial charge in [-0.25, -0.2) is 17.9 Å². The van der Waals surface area contributed by atoms with Gasteiger partial charge in [0.25, 0.3) is 0 Å². The molecule has 0 aromatic rings. The third kappa shape index (κ3) is 10.7. The molecule has 0 bridgehead atoms. The summed E-state index contributed by atoms with van der Waals surface area (Å²) in [5.74, 6) is 0.0178. The summed E-state index contributed by atoms with van der Waals surface area (Å²) in [5.41, 5.74) is 1.54. The van der Waals surface area contributed by atoms with Gasteiger partial charge in [-0.1, -0.05) is 13.8 Å². The van der Waals surface area contributed by atoms with Crippen molar-refractivity contribution in [3.05, 3.63) is 0 Å². The maximum atomic E-state index is 11.4. The fourth-order valence-corrected chi connectivity index (χ4v) is 1.54. The normalized spacial score (nSPS) is 14.3. The summed E-state index contributed by atoms with van der Waals surface area (Å²) in [7, 11) is -3.29. The van der Waals surface area contributed by atoms with Crippen molar-refractivity contribution in [2.24, 2.45) is 5.92 Å². The molecule has 1 amide bonds. The summed E-state index contributed by atoms with van der Waals surface area (Å²) >= 11 is 0. The number of nitrogens with one attached hydrogen (secondary N) is 2. The maximum absolute atomic E-state index is 11.4. The smallest absolute Gasteiger partial charge is 0.431 e. The third-order valence-corrected chi connectivity index (χ3v) is 2.67. The highest BCUT2D eigenvalue weighted by Crippen LogP contribution is 2.08. The van der Waals surface area contributed by atoms with Crippen molar-refractivity contribution in [2.45, 2.75) is 46.3 Å². The van der Waals surface area contributed by atoms with E-state index >= 15 is 0 Å². The van der Waals surface area contributed by atoms with Crippen LogP contribution in [0.2, 0.25) is 0 Å². The van der Waals surface area contributed by atoms with Gasteiger partial charge in [0.15, 0.2) is 0 Å². The van der Waals surface area contributed by atoms with Crippen LogP contribution in [-0.4, -0.2) is 39.0 Å². The summed E-state index contributed by atoms with van der Waals surface area (Å²) < 4.78 is 29.3. The van der Waals surface area contributed by atoms with Gasteiger partial charge in [0.05, 0.1) is 6.26 Å². The Kier molecular flexibility index (Phi) is 6.74. The molecule has 0 radical (unpaired) electrons. The van der Waals surface area contributed by atoms with Gasteiger partial charge in [0, 0.05) is 6.54 Å². The Labute approximate surface area is 115 Å². The van der Waals surface area contributed by atoms with Crippen molar-refractivity contribution in [2.75, 3.05) is 12.8 Å². The van der Waals surface area contributed by atoms with E-state index in [9.17, 15) is 13.2 Å². The molecule has 0 rings (SSSR count). The van der Waals surface area contributed by atoms with Crippen LogP contribution < -0.4 is 10.2 Å². The zero-order valence-electron chi connectivity index (χ0n) is 12.3. The molecular formula is C11H24N2O5S. The van der Waals surface area contributed by atoms with E-state index in [1.807, 2.05) is 13.8 Å². The van der Waals surface area contributed by atoms with Crippen LogP contribution in [0.3, 0.4) is 0 Å². The standard InChI is InChI=1S/C11H24N2O5S/c1-8(2)9(7-12-19(6,15)16)18-13-10(14)17-11(3,4)5/h8-9,12H,7H2,1-6H3,(H,13,14)/t9-/m0/s1. The highest BCUT2D eigenvalue weighted by molar-refractivity contribution is 7.88. The minimum atomic E-state index is -3.29. The van der Waals surface area contributed by atoms with E-state index in [-0.39, 0.29) is 12.5 Å². The van der Waals surface area contributed by atoms with E-state index in [1.165, 1.54) is 0 Å². The van der Waals surface area contributed by atoms with Gasteiger partial charge in [0.2, 0.25) is 10.0 Å². The average Bonchev–Trinajstić information content (AvgIpc) is 2.11. The van der Waals surface area contributed by atoms with Crippen molar-refractivity contribution in [1.29, 1.82) is 0 Å². The molecule has 1 atom stereocenters. The molecule has 0 aromatic carbocycles. The first-order valence-corrected chi connectivity index (χ1v) is 7.89. The SMILES string of the molecule is CC(C)[C@H](CNS(C)(=O)=O)ONC(=O)OC(C)(C)C. The Balaban J connectivity index is 4.26. The second-order valence-corrected chi connectivity index (χ2v) is 7.46. The fourth-order valence-electron chi connectivity index (χ4n) is 1.07. The first kappa shape index (κ1) is 18.1. The van der Waals surface area contributed by atoms with Crippen LogP contribution in [0.25, 0.3) is 0 Å². The predicted octanol–water partition coefficient (Wildman–Crippen LogP) is 1.02. The summed E-state index contributed by atoms with van der Waals surface area (Å²) in [6, 6.07) is 0. The number of sulfonamides is 1. The molecule has 19 heavy (non-hydrogen) atoms. The Morgan fingerprint density at radius 2 is 1.79 bits per heavy atom. The lowest BCUT2D eigenvalue weighted by atomic mass is 10.1. The van der Waals surface area contributed by atoms with E-state index in [0.717, 1.165) is 6.26 Å². The van der Waals surface area contributed by atoms with E-state index in [4.69, 9.17) is 9.57 Å². The molecule has 0 aliphatic heterocycles. The molecule has 0 spiro atoms. The second-order valence-electron chi connectivity index (χ2n) is 5.62. The Morgan fingerprint density at radius 1 is 1.26 bits per heavy atom. The zero-order valence-corrected chi connectivity index (χ0v) is 13.1. The van der Waals surface area contributed by atoms with Gasteiger partial charge in [-0.15, -0.1) is 0 Å². The molecule has 0 heterocycles. The molecule has 0 unspecified atom stereocenters. The van der Waals surface area contributed by atoms with E-state index < -0.39 is 27.8 Å². The van der Waals surface area contributed by atoms with Gasteiger partial charge in [-0.05, 0) is 26.7 Å². The summed E-state index contributed by atoms with van der Waals surface area (Å²) in [6.07, 6.45) is -0.133. The highest BCUT2D eigenvalue weighted by atomic mass is 32.2. The molecule has 114 valence electrons. The van der Waals surface area contributed by atoms with Crippen LogP contribution in [0.15, 0.2) is 0 Å². The quantitative estimate of drug-likeness (QED) is 0.714. The summed E-state index contributed by atoms with van der Waals surface area (Å²) in [5, 5.41) is 0.